The average molecular weight is 278 g/mol. The van der Waals surface area contributed by atoms with Crippen LogP contribution in [-0.4, -0.2) is 20.9 Å². The second-order valence-electron chi connectivity index (χ2n) is 3.53. The molecule has 19 heavy (non-hydrogen) atoms. The molecule has 98 valence electrons. The number of rotatable bonds is 3. The number of amides is 1. The van der Waals surface area contributed by atoms with Crippen LogP contribution in [0.2, 0.25) is 0 Å². The van der Waals surface area contributed by atoms with Crippen LogP contribution in [0.15, 0.2) is 33.2 Å². The van der Waals surface area contributed by atoms with Gasteiger partial charge in [-0.3, -0.25) is 9.59 Å². The first-order chi connectivity index (χ1) is 8.95. The molecule has 0 aromatic carbocycles. The number of primary amides is 1. The van der Waals surface area contributed by atoms with Gasteiger partial charge in [0.25, 0.3) is 11.5 Å². The van der Waals surface area contributed by atoms with E-state index in [1.807, 2.05) is 0 Å². The number of nitrogens with one attached hydrogen (secondary N) is 1. The molecule has 0 radical (unpaired) electrons. The minimum absolute atomic E-state index is 0.0722. The molecule has 2 heterocycles. The van der Waals surface area contributed by atoms with Gasteiger partial charge in [0.1, 0.15) is 16.5 Å². The van der Waals surface area contributed by atoms with Gasteiger partial charge in [-0.2, -0.15) is 0 Å². The van der Waals surface area contributed by atoms with Crippen molar-refractivity contribution in [2.45, 2.75) is 10.2 Å². The van der Waals surface area contributed by atoms with Crippen LogP contribution in [0, 0.1) is 0 Å². The van der Waals surface area contributed by atoms with Crippen molar-refractivity contribution in [2.75, 3.05) is 11.5 Å². The number of carbonyl (C=O) groups is 1. The van der Waals surface area contributed by atoms with Crippen molar-refractivity contribution in [3.8, 4) is 0 Å². The quantitative estimate of drug-likeness (QED) is 0.556. The Morgan fingerprint density at radius 2 is 2.00 bits per heavy atom. The Kier molecular flexibility index (Phi) is 3.38. The Labute approximate surface area is 111 Å². The van der Waals surface area contributed by atoms with Crippen LogP contribution in [0.1, 0.15) is 10.5 Å². The normalized spacial score (nSPS) is 10.3. The largest absolute Gasteiger partial charge is 0.397 e. The fourth-order valence-corrected chi connectivity index (χ4v) is 2.08. The summed E-state index contributed by atoms with van der Waals surface area (Å²) < 4.78 is 0. The van der Waals surface area contributed by atoms with Crippen LogP contribution in [0.4, 0.5) is 11.5 Å². The van der Waals surface area contributed by atoms with Gasteiger partial charge in [-0.05, 0) is 23.9 Å². The lowest BCUT2D eigenvalue weighted by molar-refractivity contribution is 0.0995. The van der Waals surface area contributed by atoms with E-state index < -0.39 is 5.91 Å². The molecule has 2 aromatic rings. The summed E-state index contributed by atoms with van der Waals surface area (Å²) in [5.41, 5.74) is 16.3. The van der Waals surface area contributed by atoms with E-state index in [0.717, 1.165) is 17.8 Å². The van der Waals surface area contributed by atoms with Gasteiger partial charge in [-0.1, -0.05) is 0 Å². The SMILES string of the molecule is NC(=O)c1ccc(N)c(Sc2nc(N)cc(=O)[nH]2)n1. The van der Waals surface area contributed by atoms with Crippen LogP contribution >= 0.6 is 11.8 Å². The van der Waals surface area contributed by atoms with Gasteiger partial charge < -0.3 is 22.2 Å². The summed E-state index contributed by atoms with van der Waals surface area (Å²) in [7, 11) is 0. The van der Waals surface area contributed by atoms with Gasteiger partial charge >= 0.3 is 0 Å². The highest BCUT2D eigenvalue weighted by molar-refractivity contribution is 7.99. The topological polar surface area (TPSA) is 154 Å². The molecule has 0 spiro atoms. The number of nitrogen functional groups attached to an aromatic ring is 2. The second-order valence-corrected chi connectivity index (χ2v) is 4.51. The van der Waals surface area contributed by atoms with Crippen molar-refractivity contribution in [3.05, 3.63) is 34.2 Å². The van der Waals surface area contributed by atoms with Gasteiger partial charge in [0.05, 0.1) is 5.69 Å². The molecule has 0 bridgehead atoms. The van der Waals surface area contributed by atoms with Crippen molar-refractivity contribution in [1.29, 1.82) is 0 Å². The number of nitrogens with two attached hydrogens (primary N) is 3. The first kappa shape index (κ1) is 12.9. The van der Waals surface area contributed by atoms with Gasteiger partial charge in [0, 0.05) is 6.07 Å². The number of hydrogen-bond donors (Lipinski definition) is 4. The van der Waals surface area contributed by atoms with Crippen molar-refractivity contribution >= 4 is 29.2 Å². The lowest BCUT2D eigenvalue weighted by Gasteiger charge is -2.05. The molecule has 7 N–H and O–H groups in total. The summed E-state index contributed by atoms with van der Waals surface area (Å²) in [5.74, 6) is -0.591. The maximum atomic E-state index is 11.2. The van der Waals surface area contributed by atoms with Crippen molar-refractivity contribution < 1.29 is 4.79 Å². The first-order valence-corrected chi connectivity index (χ1v) is 5.88. The smallest absolute Gasteiger partial charge is 0.267 e. The van der Waals surface area contributed by atoms with Crippen LogP contribution in [0.25, 0.3) is 0 Å². The third-order valence-electron chi connectivity index (χ3n) is 2.08. The zero-order valence-corrected chi connectivity index (χ0v) is 10.4. The summed E-state index contributed by atoms with van der Waals surface area (Å²) >= 11 is 0.984. The second kappa shape index (κ2) is 4.98. The summed E-state index contributed by atoms with van der Waals surface area (Å²) in [4.78, 5) is 32.7. The zero-order chi connectivity index (χ0) is 14.0. The van der Waals surface area contributed by atoms with Crippen molar-refractivity contribution in [2.24, 2.45) is 5.73 Å². The molecule has 0 aliphatic rings. The molecular formula is C10H10N6O2S. The molecule has 0 aliphatic carbocycles. The molecule has 8 nitrogen and oxygen atoms in total. The number of carbonyl (C=O) groups excluding carboxylic acids is 1. The fourth-order valence-electron chi connectivity index (χ4n) is 1.26. The first-order valence-electron chi connectivity index (χ1n) is 5.06. The van der Waals surface area contributed by atoms with E-state index >= 15 is 0 Å². The third kappa shape index (κ3) is 3.01. The zero-order valence-electron chi connectivity index (χ0n) is 9.58. The van der Waals surface area contributed by atoms with Crippen LogP contribution in [0.5, 0.6) is 0 Å². The summed E-state index contributed by atoms with van der Waals surface area (Å²) in [6.45, 7) is 0. The predicted octanol–water partition coefficient (Wildman–Crippen LogP) is -0.421. The van der Waals surface area contributed by atoms with E-state index in [-0.39, 0.29) is 22.2 Å². The Balaban J connectivity index is 2.39. The fraction of sp³-hybridized carbons (Fsp3) is 0. The maximum absolute atomic E-state index is 11.2. The molecule has 0 aliphatic heterocycles. The lowest BCUT2D eigenvalue weighted by atomic mass is 10.3. The number of anilines is 2. The highest BCUT2D eigenvalue weighted by atomic mass is 32.2. The highest BCUT2D eigenvalue weighted by Gasteiger charge is 2.10. The number of aromatic nitrogens is 3. The predicted molar refractivity (Wildman–Crippen MR) is 70.6 cm³/mol. The number of pyridine rings is 1. The monoisotopic (exact) mass is 278 g/mol. The number of H-pyrrole nitrogens is 1. The summed E-state index contributed by atoms with van der Waals surface area (Å²) in [6.07, 6.45) is 0. The van der Waals surface area contributed by atoms with Gasteiger partial charge in [0.2, 0.25) is 0 Å². The molecule has 2 aromatic heterocycles. The molecule has 0 fully saturated rings. The molecule has 9 heteroatoms. The Bertz CT molecular complexity index is 699. The Morgan fingerprint density at radius 1 is 1.26 bits per heavy atom. The molecule has 0 unspecified atom stereocenters. The average Bonchev–Trinajstić information content (AvgIpc) is 2.30. The number of nitrogens with zero attached hydrogens (tertiary/aromatic N) is 2. The molecular weight excluding hydrogens is 268 g/mol. The molecule has 0 saturated heterocycles. The van der Waals surface area contributed by atoms with Gasteiger partial charge in [0.15, 0.2) is 5.16 Å². The van der Waals surface area contributed by atoms with E-state index in [4.69, 9.17) is 17.2 Å². The Morgan fingerprint density at radius 3 is 2.63 bits per heavy atom. The van der Waals surface area contributed by atoms with E-state index in [0.29, 0.717) is 10.7 Å². The van der Waals surface area contributed by atoms with Crippen LogP contribution in [-0.2, 0) is 0 Å². The Hall–Kier alpha value is -2.55. The van der Waals surface area contributed by atoms with Crippen molar-refractivity contribution in [1.82, 2.24) is 15.0 Å². The standard InChI is InChI=1S/C10H10N6O2S/c11-4-1-2-5(8(13)18)14-9(4)19-10-15-6(12)3-7(17)16-10/h1-3H,11H2,(H2,13,18)(H3,12,15,16,17). The molecule has 0 saturated carbocycles. The van der Waals surface area contributed by atoms with Crippen LogP contribution in [0.3, 0.4) is 0 Å². The highest BCUT2D eigenvalue weighted by Crippen LogP contribution is 2.27. The van der Waals surface area contributed by atoms with E-state index in [2.05, 4.69) is 15.0 Å². The van der Waals surface area contributed by atoms with Gasteiger partial charge in [-0.25, -0.2) is 9.97 Å². The van der Waals surface area contributed by atoms with Crippen molar-refractivity contribution in [3.63, 3.8) is 0 Å². The van der Waals surface area contributed by atoms with E-state index in [1.54, 1.807) is 0 Å². The van der Waals surface area contributed by atoms with Crippen LogP contribution < -0.4 is 22.8 Å². The maximum Gasteiger partial charge on any atom is 0.267 e. The van der Waals surface area contributed by atoms with E-state index in [1.165, 1.54) is 12.1 Å². The number of aromatic amines is 1. The molecule has 1 amide bonds. The number of hydrogen-bond acceptors (Lipinski definition) is 7. The minimum Gasteiger partial charge on any atom is -0.397 e. The summed E-state index contributed by atoms with van der Waals surface area (Å²) in [5, 5.41) is 0.538. The lowest BCUT2D eigenvalue weighted by Crippen LogP contribution is -2.14. The third-order valence-corrected chi connectivity index (χ3v) is 2.98. The van der Waals surface area contributed by atoms with E-state index in [9.17, 15) is 9.59 Å². The minimum atomic E-state index is -0.670. The van der Waals surface area contributed by atoms with Gasteiger partial charge in [-0.15, -0.1) is 0 Å². The summed E-state index contributed by atoms with van der Waals surface area (Å²) in [6, 6.07) is 4.07. The molecule has 2 rings (SSSR count). The molecule has 0 atom stereocenters.